The normalized spacial score (nSPS) is 14.5. The zero-order valence-corrected chi connectivity index (χ0v) is 105. The Morgan fingerprint density at radius 1 is 0.226 bits per heavy atom. The van der Waals surface area contributed by atoms with Crippen LogP contribution in [0.4, 0.5) is 0 Å². The van der Waals surface area contributed by atoms with Gasteiger partial charge in [0.15, 0.2) is 33.3 Å². The topological polar surface area (TPSA) is 232 Å². The van der Waals surface area contributed by atoms with Crippen LogP contribution in [0.3, 0.4) is 0 Å². The van der Waals surface area contributed by atoms with Crippen LogP contribution < -0.4 is 9.47 Å². The fourth-order valence-corrected chi connectivity index (χ4v) is 121. The number of unbranched alkanes of at least 4 members (excludes halogenated alkanes) is 2. The Kier molecular flexibility index (Phi) is 39.5. The van der Waals surface area contributed by atoms with Crippen molar-refractivity contribution in [1.82, 2.24) is 0 Å². The highest BCUT2D eigenvalue weighted by Gasteiger charge is 2.54. The maximum Gasteiger partial charge on any atom is 0.314 e. The van der Waals surface area contributed by atoms with Crippen LogP contribution in [0, 0.1) is 22.7 Å². The predicted octanol–water partition coefficient (Wildman–Crippen LogP) is 27.1. The third kappa shape index (κ3) is 40.6. The Hall–Kier alpha value is -1.18. The van der Waals surface area contributed by atoms with Crippen LogP contribution >= 0.6 is 0 Å². The summed E-state index contributed by atoms with van der Waals surface area (Å²) in [4.78, 5) is 0. The Bertz CT molecular complexity index is 4160. The Morgan fingerprint density at radius 3 is 0.605 bits per heavy atom. The maximum atomic E-state index is 10.7. The van der Waals surface area contributed by atoms with Crippen LogP contribution in [0.5, 0.6) is 23.0 Å². The first-order valence-electron chi connectivity index (χ1n) is 44.8. The standard InChI is InChI=1S/C82H164N2O20Si20/c1-43-45-63-105(3,4)87-109(11,12)91-113(19,20)95-117(27,28)99-121(35,36)103-123(39,40)101-119(31,32)97-115(23,24)93-111(15,16)89-107(7,8)65-51-55-71-53-47-49-57-81(71)85-73-59-61-75-77(67-73)78-68-74(60-62-76(78)80(70-84)79(75)69-83)86-82-58-50-48-54-72(82)56-52-66-108(9,10)90-112(17,18)94-116(25,26)98-120(33,34)102-124(41,42)104-122(37,38)100-118(29,30)96-114(21,22)92-110(13,14)88-106(5,6)64-46-44-2/h47-50,53-54,57-62,67-68H,43-46,51-52,55-56,63-66H2,1-42H3. The molecule has 0 saturated carbocycles. The minimum Gasteiger partial charge on any atom is -0.457 e. The number of aryl methyl sites for hydroxylation is 2. The second-order valence-electron chi connectivity index (χ2n) is 43.0. The van der Waals surface area contributed by atoms with Gasteiger partial charge in [0.2, 0.25) is 0 Å². The highest BCUT2D eigenvalue weighted by molar-refractivity contribution is 6.96. The molecule has 0 spiro atoms. The first kappa shape index (κ1) is 113. The average Bonchev–Trinajstić information content (AvgIpc) is 0.744. The lowest BCUT2D eigenvalue weighted by Gasteiger charge is -2.45. The van der Waals surface area contributed by atoms with Crippen molar-refractivity contribution in [3.63, 3.8) is 0 Å². The number of fused-ring (bicyclic) bond motifs is 3. The van der Waals surface area contributed by atoms with Crippen LogP contribution in [0.2, 0.25) is 286 Å². The molecule has 0 fully saturated rings. The molecule has 0 atom stereocenters. The molecule has 702 valence electrons. The van der Waals surface area contributed by atoms with Gasteiger partial charge < -0.3 is 83.5 Å². The van der Waals surface area contributed by atoms with Crippen molar-refractivity contribution in [2.75, 3.05) is 0 Å². The molecular formula is C82H164N2O20Si20. The molecule has 0 aliphatic heterocycles. The summed E-state index contributed by atoms with van der Waals surface area (Å²) in [5.74, 6) is 2.69. The van der Waals surface area contributed by atoms with Gasteiger partial charge in [-0.3, -0.25) is 0 Å². The summed E-state index contributed by atoms with van der Waals surface area (Å²) in [6.45, 7) is 90.1. The summed E-state index contributed by atoms with van der Waals surface area (Å²) >= 11 is 0. The van der Waals surface area contributed by atoms with Gasteiger partial charge in [0.1, 0.15) is 35.1 Å². The molecule has 0 heterocycles. The molecule has 124 heavy (non-hydrogen) atoms. The first-order valence-corrected chi connectivity index (χ1v) is 102. The molecule has 5 aromatic carbocycles. The summed E-state index contributed by atoms with van der Waals surface area (Å²) in [5.41, 5.74) is 2.76. The lowest BCUT2D eigenvalue weighted by atomic mass is 9.92. The van der Waals surface area contributed by atoms with E-state index in [9.17, 15) is 10.5 Å². The van der Waals surface area contributed by atoms with E-state index in [-0.39, 0.29) is 0 Å². The Balaban J connectivity index is 1.20. The van der Waals surface area contributed by atoms with Gasteiger partial charge in [-0.2, -0.15) is 10.5 Å². The molecule has 5 aromatic rings. The molecule has 0 saturated heterocycles. The van der Waals surface area contributed by atoms with Gasteiger partial charge in [0, 0.05) is 10.8 Å². The number of rotatable bonds is 54. The second-order valence-corrected chi connectivity index (χ2v) is 119. The van der Waals surface area contributed by atoms with Crippen molar-refractivity contribution in [2.45, 2.75) is 351 Å². The summed E-state index contributed by atoms with van der Waals surface area (Å²) < 4.78 is 139. The second kappa shape index (κ2) is 43.2. The summed E-state index contributed by atoms with van der Waals surface area (Å²) in [6.07, 6.45) is 7.92. The molecule has 0 aliphatic carbocycles. The van der Waals surface area contributed by atoms with Crippen LogP contribution in [0.25, 0.3) is 21.5 Å². The van der Waals surface area contributed by atoms with Crippen LogP contribution in [0.15, 0.2) is 84.9 Å². The third-order valence-electron chi connectivity index (χ3n) is 19.4. The van der Waals surface area contributed by atoms with Crippen molar-refractivity contribution in [1.29, 1.82) is 10.5 Å². The summed E-state index contributed by atoms with van der Waals surface area (Å²) in [5, 5.41) is 24.2. The molecular weight excluding hydrogens is 1890 g/mol. The number of benzene rings is 5. The van der Waals surface area contributed by atoms with E-state index < -0.39 is 170 Å². The quantitative estimate of drug-likeness (QED) is 0.0260. The zero-order chi connectivity index (χ0) is 94.9. The van der Waals surface area contributed by atoms with Crippen molar-refractivity contribution in [3.8, 4) is 35.1 Å². The molecule has 0 aliphatic rings. The van der Waals surface area contributed by atoms with Crippen molar-refractivity contribution >= 4 is 192 Å². The van der Waals surface area contributed by atoms with Gasteiger partial charge in [-0.25, -0.2) is 0 Å². The van der Waals surface area contributed by atoms with E-state index in [4.69, 9.17) is 83.5 Å². The number of para-hydroxylation sites is 2. The molecule has 0 radical (unpaired) electrons. The number of nitrogens with zero attached hydrogens (tertiary/aromatic N) is 2. The highest BCUT2D eigenvalue weighted by Crippen LogP contribution is 2.42. The average molecular weight is 2060 g/mol. The molecule has 22 nitrogen and oxygen atoms in total. The van der Waals surface area contributed by atoms with Gasteiger partial charge >= 0.3 is 137 Å². The van der Waals surface area contributed by atoms with Crippen LogP contribution in [-0.4, -0.2) is 170 Å². The van der Waals surface area contributed by atoms with Gasteiger partial charge in [-0.05, 0) is 382 Å². The zero-order valence-electron chi connectivity index (χ0n) is 84.6. The molecule has 0 amide bonds. The molecule has 5 rings (SSSR count). The van der Waals surface area contributed by atoms with E-state index in [0.29, 0.717) is 33.4 Å². The summed E-state index contributed by atoms with van der Waals surface area (Å²) in [6, 6.07) is 36.5. The fraction of sp³-hybridized carbons (Fsp3) is 0.659. The number of hydrogen-bond donors (Lipinski definition) is 0. The van der Waals surface area contributed by atoms with Gasteiger partial charge in [0.25, 0.3) is 0 Å². The van der Waals surface area contributed by atoms with E-state index in [1.165, 1.54) is 12.8 Å². The van der Waals surface area contributed by atoms with E-state index in [1.54, 1.807) is 0 Å². The number of ether oxygens (including phenoxy) is 2. The highest BCUT2D eigenvalue weighted by atomic mass is 28.5. The molecule has 0 N–H and O–H groups in total. The van der Waals surface area contributed by atoms with E-state index >= 15 is 0 Å². The fourth-order valence-electron chi connectivity index (χ4n) is 18.5. The smallest absolute Gasteiger partial charge is 0.314 e. The van der Waals surface area contributed by atoms with Gasteiger partial charge in [0.05, 0.1) is 11.1 Å². The monoisotopic (exact) mass is 2060 g/mol. The Labute approximate surface area is 772 Å². The number of hydrogen-bond acceptors (Lipinski definition) is 22. The Morgan fingerprint density at radius 2 is 0.411 bits per heavy atom. The van der Waals surface area contributed by atoms with E-state index in [1.807, 2.05) is 72.8 Å². The summed E-state index contributed by atoms with van der Waals surface area (Å²) in [7, 11) is -52.2. The minimum absolute atomic E-state index is 0.313. The molecule has 42 heteroatoms. The van der Waals surface area contributed by atoms with Gasteiger partial charge in [-0.1, -0.05) is 75.9 Å². The number of nitriles is 2. The maximum absolute atomic E-state index is 10.7. The predicted molar refractivity (Wildman–Crippen MR) is 559 cm³/mol. The molecule has 0 bridgehead atoms. The lowest BCUT2D eigenvalue weighted by Crippen LogP contribution is -2.62. The molecule has 0 unspecified atom stereocenters. The van der Waals surface area contributed by atoms with Crippen LogP contribution in [0.1, 0.15) is 74.6 Å². The van der Waals surface area contributed by atoms with Gasteiger partial charge in [-0.15, -0.1) is 0 Å². The van der Waals surface area contributed by atoms with Crippen molar-refractivity contribution in [3.05, 3.63) is 107 Å². The largest absolute Gasteiger partial charge is 0.457 e. The van der Waals surface area contributed by atoms with E-state index in [0.717, 1.165) is 96.1 Å². The minimum atomic E-state index is -2.84. The van der Waals surface area contributed by atoms with Crippen molar-refractivity contribution in [2.24, 2.45) is 0 Å². The molecule has 0 aromatic heterocycles. The van der Waals surface area contributed by atoms with Crippen molar-refractivity contribution < 1.29 is 83.5 Å². The lowest BCUT2D eigenvalue weighted by molar-refractivity contribution is 0.251. The van der Waals surface area contributed by atoms with E-state index in [2.05, 4.69) is 300 Å². The third-order valence-corrected chi connectivity index (χ3v) is 97.4. The first-order chi connectivity index (χ1) is 55.8. The van der Waals surface area contributed by atoms with Crippen LogP contribution in [-0.2, 0) is 86.9 Å². The SMILES string of the molecule is CCCC[Si](C)(C)O[Si](C)(C)O[Si](C)(C)O[Si](C)(C)O[Si](C)(C)O[Si](C)(C)O[Si](C)(C)O[Si](C)(C)O[Si](C)(C)O[Si](C)(C)CCCc1ccccc1Oc1ccc2c(C#N)c(C#N)c3ccc(Oc4ccccc4CCC[Si](C)(C)O[Si](C)(C)O[Si](C)(C)O[Si](C)(C)O[Si](C)(C)O[Si](C)(C)O[Si](C)(C)O[Si](C)(C)O[Si](C)(C)O[Si](C)(C)CCCC)cc3c2c1.